The lowest BCUT2D eigenvalue weighted by Crippen LogP contribution is -2.08. The molecule has 2 aromatic heterocycles. The van der Waals surface area contributed by atoms with Crippen LogP contribution in [0.4, 0.5) is 5.82 Å². The summed E-state index contributed by atoms with van der Waals surface area (Å²) in [6.07, 6.45) is 2.78. The lowest BCUT2D eigenvalue weighted by molar-refractivity contribution is 0.582. The van der Waals surface area contributed by atoms with Crippen LogP contribution in [0.5, 0.6) is 0 Å². The van der Waals surface area contributed by atoms with E-state index in [0.29, 0.717) is 6.54 Å². The fraction of sp³-hybridized carbons (Fsp3) is 0.417. The quantitative estimate of drug-likeness (QED) is 0.855. The normalized spacial score (nSPS) is 10.5. The first-order valence-electron chi connectivity index (χ1n) is 5.84. The van der Waals surface area contributed by atoms with Gasteiger partial charge in [-0.1, -0.05) is 18.2 Å². The molecule has 0 aromatic carbocycles. The van der Waals surface area contributed by atoms with Gasteiger partial charge in [0.15, 0.2) is 0 Å². The zero-order valence-electron chi connectivity index (χ0n) is 10.2. The largest absolute Gasteiger partial charge is 0.363 e. The van der Waals surface area contributed by atoms with E-state index in [1.54, 1.807) is 6.20 Å². The Morgan fingerprint density at radius 1 is 1.35 bits per heavy atom. The van der Waals surface area contributed by atoms with Crippen LogP contribution >= 0.6 is 0 Å². The van der Waals surface area contributed by atoms with E-state index in [-0.39, 0.29) is 0 Å². The first-order valence-corrected chi connectivity index (χ1v) is 5.84. The lowest BCUT2D eigenvalue weighted by atomic mass is 10.3. The van der Waals surface area contributed by atoms with Crippen LogP contribution in [0.3, 0.4) is 0 Å². The summed E-state index contributed by atoms with van der Waals surface area (Å²) < 4.78 is 1.87. The predicted molar refractivity (Wildman–Crippen MR) is 66.6 cm³/mol. The average Bonchev–Trinajstić information content (AvgIpc) is 2.75. The van der Waals surface area contributed by atoms with Crippen molar-refractivity contribution in [3.8, 4) is 0 Å². The highest BCUT2D eigenvalue weighted by Crippen LogP contribution is 2.07. The van der Waals surface area contributed by atoms with Crippen molar-refractivity contribution < 1.29 is 0 Å². The molecule has 1 N–H and O–H groups in total. The second-order valence-corrected chi connectivity index (χ2v) is 3.97. The molecule has 0 aliphatic carbocycles. The summed E-state index contributed by atoms with van der Waals surface area (Å²) in [5, 5.41) is 11.2. The van der Waals surface area contributed by atoms with Crippen molar-refractivity contribution in [2.24, 2.45) is 0 Å². The van der Waals surface area contributed by atoms with E-state index in [1.165, 1.54) is 0 Å². The Morgan fingerprint density at radius 2 is 2.24 bits per heavy atom. The van der Waals surface area contributed by atoms with Gasteiger partial charge in [-0.3, -0.25) is 4.98 Å². The van der Waals surface area contributed by atoms with E-state index in [2.05, 4.69) is 27.5 Å². The van der Waals surface area contributed by atoms with Gasteiger partial charge in [-0.15, -0.1) is 5.10 Å². The summed E-state index contributed by atoms with van der Waals surface area (Å²) in [5.74, 6) is 0.940. The second kappa shape index (κ2) is 5.43. The molecule has 0 atom stereocenters. The maximum absolute atomic E-state index is 4.44. The van der Waals surface area contributed by atoms with Gasteiger partial charge in [0.25, 0.3) is 0 Å². The molecule has 17 heavy (non-hydrogen) atoms. The molecule has 0 unspecified atom stereocenters. The van der Waals surface area contributed by atoms with Crippen LogP contribution in [0, 0.1) is 6.92 Å². The van der Waals surface area contributed by atoms with Crippen molar-refractivity contribution >= 4 is 5.82 Å². The number of rotatable bonds is 5. The first-order chi connectivity index (χ1) is 8.29. The number of hydrogen-bond acceptors (Lipinski definition) is 4. The number of aromatic nitrogens is 4. The van der Waals surface area contributed by atoms with Crippen LogP contribution < -0.4 is 5.32 Å². The van der Waals surface area contributed by atoms with Crippen molar-refractivity contribution in [3.63, 3.8) is 0 Å². The van der Waals surface area contributed by atoms with Crippen LogP contribution in [0.2, 0.25) is 0 Å². The Bertz CT molecular complexity index is 477. The maximum Gasteiger partial charge on any atom is 0.145 e. The summed E-state index contributed by atoms with van der Waals surface area (Å²) in [7, 11) is 0. The minimum absolute atomic E-state index is 0.693. The Labute approximate surface area is 101 Å². The van der Waals surface area contributed by atoms with Gasteiger partial charge in [0.05, 0.1) is 18.4 Å². The van der Waals surface area contributed by atoms with E-state index < -0.39 is 0 Å². The molecule has 0 aliphatic rings. The highest BCUT2D eigenvalue weighted by Gasteiger charge is 2.02. The monoisotopic (exact) mass is 231 g/mol. The molecular weight excluding hydrogens is 214 g/mol. The molecule has 2 aromatic rings. The fourth-order valence-corrected chi connectivity index (χ4v) is 1.65. The van der Waals surface area contributed by atoms with Gasteiger partial charge in [0.2, 0.25) is 0 Å². The fourth-order valence-electron chi connectivity index (χ4n) is 1.65. The molecule has 5 nitrogen and oxygen atoms in total. The molecule has 0 amide bonds. The number of nitrogens with one attached hydrogen (secondary N) is 1. The summed E-state index contributed by atoms with van der Waals surface area (Å²) in [6, 6.07) is 6.02. The van der Waals surface area contributed by atoms with E-state index in [1.807, 2.05) is 29.8 Å². The van der Waals surface area contributed by atoms with Crippen molar-refractivity contribution in [1.29, 1.82) is 0 Å². The third kappa shape index (κ3) is 3.03. The Balaban J connectivity index is 1.99. The molecule has 0 fully saturated rings. The smallest absolute Gasteiger partial charge is 0.145 e. The van der Waals surface area contributed by atoms with Crippen LogP contribution in [0.25, 0.3) is 0 Å². The van der Waals surface area contributed by atoms with Gasteiger partial charge in [0, 0.05) is 12.2 Å². The zero-order chi connectivity index (χ0) is 12.1. The third-order valence-electron chi connectivity index (χ3n) is 2.45. The van der Waals surface area contributed by atoms with Crippen LogP contribution in [-0.2, 0) is 13.1 Å². The summed E-state index contributed by atoms with van der Waals surface area (Å²) in [5.41, 5.74) is 2.05. The number of pyridine rings is 1. The molecule has 90 valence electrons. The molecule has 2 heterocycles. The highest BCUT2D eigenvalue weighted by molar-refractivity contribution is 5.31. The predicted octanol–water partition coefficient (Wildman–Crippen LogP) is 2.00. The number of nitrogens with zero attached hydrogens (tertiary/aromatic N) is 4. The zero-order valence-corrected chi connectivity index (χ0v) is 10.2. The highest BCUT2D eigenvalue weighted by atomic mass is 15.4. The van der Waals surface area contributed by atoms with E-state index >= 15 is 0 Å². The maximum atomic E-state index is 4.44. The van der Waals surface area contributed by atoms with Crippen LogP contribution in [-0.4, -0.2) is 20.0 Å². The standard InChI is InChI=1S/C12H17N5/c1-3-7-17-12(9-14-16-17)13-8-11-6-4-5-10(2)15-11/h4-6,9,13H,3,7-8H2,1-2H3. The van der Waals surface area contributed by atoms with Gasteiger partial charge in [-0.25, -0.2) is 4.68 Å². The Hall–Kier alpha value is -1.91. The van der Waals surface area contributed by atoms with Crippen LogP contribution in [0.15, 0.2) is 24.4 Å². The minimum atomic E-state index is 0.693. The Kier molecular flexibility index (Phi) is 3.69. The molecule has 0 saturated carbocycles. The number of aryl methyl sites for hydroxylation is 2. The lowest BCUT2D eigenvalue weighted by Gasteiger charge is -2.07. The van der Waals surface area contributed by atoms with Crippen LogP contribution in [0.1, 0.15) is 24.7 Å². The molecule has 0 saturated heterocycles. The van der Waals surface area contributed by atoms with Gasteiger partial charge in [0.1, 0.15) is 5.82 Å². The van der Waals surface area contributed by atoms with Crippen molar-refractivity contribution in [2.45, 2.75) is 33.4 Å². The summed E-state index contributed by atoms with van der Waals surface area (Å²) >= 11 is 0. The third-order valence-corrected chi connectivity index (χ3v) is 2.45. The van der Waals surface area contributed by atoms with E-state index in [0.717, 1.165) is 30.2 Å². The number of hydrogen-bond donors (Lipinski definition) is 1. The van der Waals surface area contributed by atoms with Gasteiger partial charge < -0.3 is 5.32 Å². The number of anilines is 1. The van der Waals surface area contributed by atoms with Crippen molar-refractivity contribution in [2.75, 3.05) is 5.32 Å². The molecule has 0 bridgehead atoms. The van der Waals surface area contributed by atoms with Crippen molar-refractivity contribution in [3.05, 3.63) is 35.8 Å². The average molecular weight is 231 g/mol. The van der Waals surface area contributed by atoms with Gasteiger partial charge >= 0.3 is 0 Å². The van der Waals surface area contributed by atoms with Gasteiger partial charge in [-0.2, -0.15) is 0 Å². The summed E-state index contributed by atoms with van der Waals surface area (Å²) in [6.45, 7) is 5.68. The van der Waals surface area contributed by atoms with Crippen molar-refractivity contribution in [1.82, 2.24) is 20.0 Å². The molecule has 0 radical (unpaired) electrons. The molecule has 2 rings (SSSR count). The minimum Gasteiger partial charge on any atom is -0.363 e. The molecular formula is C12H17N5. The topological polar surface area (TPSA) is 55.6 Å². The van der Waals surface area contributed by atoms with E-state index in [9.17, 15) is 0 Å². The van der Waals surface area contributed by atoms with Gasteiger partial charge in [-0.05, 0) is 25.5 Å². The Morgan fingerprint density at radius 3 is 3.00 bits per heavy atom. The molecule has 5 heteroatoms. The molecule has 0 spiro atoms. The summed E-state index contributed by atoms with van der Waals surface area (Å²) in [4.78, 5) is 4.44. The van der Waals surface area contributed by atoms with E-state index in [4.69, 9.17) is 0 Å². The SMILES string of the molecule is CCCn1nncc1NCc1cccc(C)n1. The second-order valence-electron chi connectivity index (χ2n) is 3.97. The first kappa shape index (κ1) is 11.6. The molecule has 0 aliphatic heterocycles.